The summed E-state index contributed by atoms with van der Waals surface area (Å²) in [6.07, 6.45) is 7.84. The number of imidazole rings is 1. The van der Waals surface area contributed by atoms with Gasteiger partial charge < -0.3 is 19.4 Å². The van der Waals surface area contributed by atoms with Crippen LogP contribution in [0, 0.1) is 0 Å². The Bertz CT molecular complexity index is 413. The maximum absolute atomic E-state index is 5.98. The third-order valence-electron chi connectivity index (χ3n) is 4.55. The Morgan fingerprint density at radius 2 is 2.19 bits per heavy atom. The topological polar surface area (TPSA) is 48.3 Å². The Morgan fingerprint density at radius 3 is 2.81 bits per heavy atom. The van der Waals surface area contributed by atoms with Crippen LogP contribution >= 0.6 is 0 Å². The molecule has 1 saturated heterocycles. The second kappa shape index (κ2) is 7.92. The van der Waals surface area contributed by atoms with E-state index >= 15 is 0 Å². The predicted octanol–water partition coefficient (Wildman–Crippen LogP) is 2.01. The number of methoxy groups -OCH3 is 1. The number of aryl methyl sites for hydroxylation is 1. The lowest BCUT2D eigenvalue weighted by atomic mass is 9.83. The molecule has 21 heavy (non-hydrogen) atoms. The molecule has 1 aliphatic heterocycles. The van der Waals surface area contributed by atoms with E-state index in [1.807, 2.05) is 13.3 Å². The van der Waals surface area contributed by atoms with Gasteiger partial charge in [-0.25, -0.2) is 4.98 Å². The molecular formula is C16H29N3O2. The van der Waals surface area contributed by atoms with Crippen molar-refractivity contribution in [3.05, 3.63) is 18.2 Å². The van der Waals surface area contributed by atoms with Crippen LogP contribution in [0.1, 0.15) is 38.9 Å². The Hall–Kier alpha value is -0.910. The first kappa shape index (κ1) is 16.5. The Labute approximate surface area is 128 Å². The fourth-order valence-corrected chi connectivity index (χ4v) is 3.18. The maximum atomic E-state index is 5.98. The second-order valence-electron chi connectivity index (χ2n) is 5.72. The van der Waals surface area contributed by atoms with Gasteiger partial charge in [-0.3, -0.25) is 0 Å². The minimum atomic E-state index is -0.141. The van der Waals surface area contributed by atoms with E-state index in [2.05, 4.69) is 34.9 Å². The van der Waals surface area contributed by atoms with Gasteiger partial charge in [-0.15, -0.1) is 0 Å². The highest BCUT2D eigenvalue weighted by Crippen LogP contribution is 2.30. The van der Waals surface area contributed by atoms with Crippen LogP contribution in [0.3, 0.4) is 0 Å². The van der Waals surface area contributed by atoms with E-state index in [9.17, 15) is 0 Å². The van der Waals surface area contributed by atoms with Crippen molar-refractivity contribution in [2.45, 2.75) is 57.7 Å². The summed E-state index contributed by atoms with van der Waals surface area (Å²) in [4.78, 5) is 4.53. The van der Waals surface area contributed by atoms with Crippen LogP contribution in [0.5, 0.6) is 0 Å². The van der Waals surface area contributed by atoms with E-state index < -0.39 is 0 Å². The lowest BCUT2D eigenvalue weighted by molar-refractivity contribution is -0.110. The summed E-state index contributed by atoms with van der Waals surface area (Å²) in [5, 5.41) is 3.69. The molecule has 5 nitrogen and oxygen atoms in total. The van der Waals surface area contributed by atoms with Gasteiger partial charge in [0.25, 0.3) is 0 Å². The zero-order valence-electron chi connectivity index (χ0n) is 13.6. The first-order chi connectivity index (χ1) is 10.3. The Balaban J connectivity index is 2.16. The summed E-state index contributed by atoms with van der Waals surface area (Å²) in [5.41, 5.74) is -0.141. The van der Waals surface area contributed by atoms with Crippen molar-refractivity contribution in [3.63, 3.8) is 0 Å². The highest BCUT2D eigenvalue weighted by atomic mass is 16.5. The zero-order valence-corrected chi connectivity index (χ0v) is 13.6. The molecule has 0 aliphatic carbocycles. The van der Waals surface area contributed by atoms with E-state index in [-0.39, 0.29) is 11.6 Å². The summed E-state index contributed by atoms with van der Waals surface area (Å²) >= 11 is 0. The number of hydrogen-bond donors (Lipinski definition) is 1. The third kappa shape index (κ3) is 3.84. The number of hydrogen-bond acceptors (Lipinski definition) is 4. The quantitative estimate of drug-likeness (QED) is 0.797. The molecule has 1 N–H and O–H groups in total. The minimum absolute atomic E-state index is 0.141. The number of ether oxygens (including phenoxy) is 2. The SMILES string of the molecule is CCCNC(Cc1nccn1CC)C1(OC)CCOCC1. The summed E-state index contributed by atoms with van der Waals surface area (Å²) in [6.45, 7) is 7.86. The molecule has 1 atom stereocenters. The van der Waals surface area contributed by atoms with Gasteiger partial charge in [0.15, 0.2) is 0 Å². The van der Waals surface area contributed by atoms with Gasteiger partial charge in [0.05, 0.1) is 5.60 Å². The van der Waals surface area contributed by atoms with Crippen LogP contribution in [-0.2, 0) is 22.4 Å². The fourth-order valence-electron chi connectivity index (χ4n) is 3.18. The normalized spacial score (nSPS) is 19.6. The number of nitrogens with zero attached hydrogens (tertiary/aromatic N) is 2. The number of rotatable bonds is 8. The van der Waals surface area contributed by atoms with E-state index in [4.69, 9.17) is 9.47 Å². The standard InChI is InChI=1S/C16H29N3O2/c1-4-8-17-14(13-15-18-9-10-19(15)5-2)16(20-3)6-11-21-12-7-16/h9-10,14,17H,4-8,11-13H2,1-3H3. The highest BCUT2D eigenvalue weighted by Gasteiger charge is 2.40. The average Bonchev–Trinajstić information content (AvgIpc) is 2.99. The number of aromatic nitrogens is 2. The van der Waals surface area contributed by atoms with E-state index in [1.165, 1.54) is 0 Å². The van der Waals surface area contributed by atoms with Gasteiger partial charge in [0.1, 0.15) is 5.82 Å². The van der Waals surface area contributed by atoms with E-state index in [0.29, 0.717) is 0 Å². The third-order valence-corrected chi connectivity index (χ3v) is 4.55. The molecule has 5 heteroatoms. The minimum Gasteiger partial charge on any atom is -0.381 e. The lowest BCUT2D eigenvalue weighted by Crippen LogP contribution is -2.56. The van der Waals surface area contributed by atoms with Crippen LogP contribution in [0.2, 0.25) is 0 Å². The zero-order chi connectivity index (χ0) is 15.1. The van der Waals surface area contributed by atoms with E-state index in [0.717, 1.165) is 57.8 Å². The van der Waals surface area contributed by atoms with Crippen LogP contribution < -0.4 is 5.32 Å². The van der Waals surface area contributed by atoms with Gasteiger partial charge >= 0.3 is 0 Å². The molecule has 0 saturated carbocycles. The first-order valence-electron chi connectivity index (χ1n) is 8.12. The molecule has 2 heterocycles. The summed E-state index contributed by atoms with van der Waals surface area (Å²) in [7, 11) is 1.83. The fraction of sp³-hybridized carbons (Fsp3) is 0.812. The van der Waals surface area contributed by atoms with Crippen molar-refractivity contribution in [2.24, 2.45) is 0 Å². The second-order valence-corrected chi connectivity index (χ2v) is 5.72. The van der Waals surface area contributed by atoms with Crippen LogP contribution in [0.25, 0.3) is 0 Å². The van der Waals surface area contributed by atoms with Gasteiger partial charge in [-0.1, -0.05) is 6.92 Å². The van der Waals surface area contributed by atoms with Gasteiger partial charge in [-0.05, 0) is 19.9 Å². The molecule has 1 fully saturated rings. The average molecular weight is 295 g/mol. The first-order valence-corrected chi connectivity index (χ1v) is 8.12. The molecule has 0 aromatic carbocycles. The Kier molecular flexibility index (Phi) is 6.21. The van der Waals surface area contributed by atoms with Gasteiger partial charge in [0.2, 0.25) is 0 Å². The molecule has 0 amide bonds. The molecular weight excluding hydrogens is 266 g/mol. The van der Waals surface area contributed by atoms with E-state index in [1.54, 1.807) is 0 Å². The van der Waals surface area contributed by atoms with Crippen molar-refractivity contribution in [1.82, 2.24) is 14.9 Å². The molecule has 1 unspecified atom stereocenters. The maximum Gasteiger partial charge on any atom is 0.110 e. The molecule has 1 aromatic rings. The van der Waals surface area contributed by atoms with Gasteiger partial charge in [0, 0.05) is 64.6 Å². The van der Waals surface area contributed by atoms with Crippen molar-refractivity contribution < 1.29 is 9.47 Å². The molecule has 0 radical (unpaired) electrons. The van der Waals surface area contributed by atoms with Crippen molar-refractivity contribution in [3.8, 4) is 0 Å². The molecule has 1 aromatic heterocycles. The van der Waals surface area contributed by atoms with Crippen molar-refractivity contribution >= 4 is 0 Å². The monoisotopic (exact) mass is 295 g/mol. The molecule has 1 aliphatic rings. The Morgan fingerprint density at radius 1 is 1.43 bits per heavy atom. The van der Waals surface area contributed by atoms with Crippen molar-refractivity contribution in [2.75, 3.05) is 26.9 Å². The summed E-state index contributed by atoms with van der Waals surface area (Å²) < 4.78 is 13.7. The van der Waals surface area contributed by atoms with Crippen LogP contribution in [0.15, 0.2) is 12.4 Å². The number of nitrogens with one attached hydrogen (secondary N) is 1. The van der Waals surface area contributed by atoms with Crippen LogP contribution in [-0.4, -0.2) is 48.1 Å². The molecule has 120 valence electrons. The van der Waals surface area contributed by atoms with Crippen LogP contribution in [0.4, 0.5) is 0 Å². The molecule has 0 spiro atoms. The summed E-state index contributed by atoms with van der Waals surface area (Å²) in [5.74, 6) is 1.13. The van der Waals surface area contributed by atoms with Gasteiger partial charge in [-0.2, -0.15) is 0 Å². The predicted molar refractivity (Wildman–Crippen MR) is 83.5 cm³/mol. The highest BCUT2D eigenvalue weighted by molar-refractivity contribution is 5.03. The molecule has 2 rings (SSSR count). The molecule has 0 bridgehead atoms. The summed E-state index contributed by atoms with van der Waals surface area (Å²) in [6, 6.07) is 0.277. The largest absolute Gasteiger partial charge is 0.381 e. The van der Waals surface area contributed by atoms with Crippen molar-refractivity contribution in [1.29, 1.82) is 0 Å². The lowest BCUT2D eigenvalue weighted by Gasteiger charge is -2.42. The smallest absolute Gasteiger partial charge is 0.110 e.